The normalized spacial score (nSPS) is 12.9. The van der Waals surface area contributed by atoms with Crippen molar-refractivity contribution < 1.29 is 18.1 Å². The van der Waals surface area contributed by atoms with Crippen molar-refractivity contribution in [1.29, 1.82) is 0 Å². The number of aromatic nitrogens is 2. The number of halogens is 2. The number of hydrogen-bond donors (Lipinski definition) is 1. The van der Waals surface area contributed by atoms with E-state index < -0.39 is 11.6 Å². The van der Waals surface area contributed by atoms with E-state index in [1.807, 2.05) is 30.3 Å². The van der Waals surface area contributed by atoms with E-state index in [2.05, 4.69) is 4.98 Å². The molecule has 3 heterocycles. The molecule has 0 aliphatic carbocycles. The lowest BCUT2D eigenvalue weighted by molar-refractivity contribution is -0.592. The zero-order valence-electron chi connectivity index (χ0n) is 11.7. The van der Waals surface area contributed by atoms with E-state index in [4.69, 9.17) is 0 Å². The maximum absolute atomic E-state index is 13.6. The van der Waals surface area contributed by atoms with Crippen LogP contribution < -0.4 is 4.57 Å². The minimum Gasteiger partial charge on any atom is -0.349 e. The second-order valence-corrected chi connectivity index (χ2v) is 5.61. The minimum absolute atomic E-state index is 0.176. The molecule has 1 aliphatic heterocycles. The summed E-state index contributed by atoms with van der Waals surface area (Å²) < 4.78 is 28.7. The van der Waals surface area contributed by atoms with Gasteiger partial charge in [-0.1, -0.05) is 18.2 Å². The maximum atomic E-state index is 13.6. The minimum atomic E-state index is -1.02. The Morgan fingerprint density at radius 3 is 2.61 bits per heavy atom. The van der Waals surface area contributed by atoms with E-state index in [0.29, 0.717) is 16.9 Å². The summed E-state index contributed by atoms with van der Waals surface area (Å²) in [5, 5.41) is 1.92. The summed E-state index contributed by atoms with van der Waals surface area (Å²) in [7, 11) is 0. The topological polar surface area (TPSA) is 36.7 Å². The number of benzene rings is 2. The van der Waals surface area contributed by atoms with Crippen molar-refractivity contribution in [1.82, 2.24) is 4.98 Å². The van der Waals surface area contributed by atoms with Crippen LogP contribution in [0.5, 0.6) is 0 Å². The average Bonchev–Trinajstić information content (AvgIpc) is 3.05. The molecule has 5 heteroatoms. The number of pyridine rings is 1. The number of hydrogen-bond acceptors (Lipinski definition) is 1. The number of H-pyrrole nitrogens is 1. The van der Waals surface area contributed by atoms with Crippen LogP contribution in [-0.2, 0) is 0 Å². The highest BCUT2D eigenvalue weighted by atomic mass is 19.2. The van der Waals surface area contributed by atoms with Gasteiger partial charge in [0.15, 0.2) is 17.8 Å². The Morgan fingerprint density at radius 2 is 1.74 bits per heavy atom. The Kier molecular flexibility index (Phi) is 2.17. The fraction of sp³-hybridized carbons (Fsp3) is 0. The summed E-state index contributed by atoms with van der Waals surface area (Å²) >= 11 is 0. The molecule has 4 aromatic rings. The zero-order chi connectivity index (χ0) is 15.7. The summed E-state index contributed by atoms with van der Waals surface area (Å²) in [6.07, 6.45) is 1.72. The molecule has 0 radical (unpaired) electrons. The zero-order valence-corrected chi connectivity index (χ0v) is 11.7. The fourth-order valence-corrected chi connectivity index (χ4v) is 3.34. The fourth-order valence-electron chi connectivity index (χ4n) is 3.34. The molecule has 110 valence electrons. The van der Waals surface area contributed by atoms with Crippen molar-refractivity contribution in [3.63, 3.8) is 0 Å². The third kappa shape index (κ3) is 1.46. The van der Waals surface area contributed by atoms with Gasteiger partial charge in [0.2, 0.25) is 5.69 Å². The third-order valence-electron chi connectivity index (χ3n) is 4.37. The van der Waals surface area contributed by atoms with Gasteiger partial charge in [0.1, 0.15) is 11.1 Å². The second kappa shape index (κ2) is 4.01. The van der Waals surface area contributed by atoms with Gasteiger partial charge in [-0.25, -0.2) is 8.78 Å². The molecule has 23 heavy (non-hydrogen) atoms. The average molecular weight is 307 g/mol. The van der Waals surface area contributed by atoms with Gasteiger partial charge in [0.05, 0.1) is 0 Å². The molecule has 0 amide bonds. The summed E-state index contributed by atoms with van der Waals surface area (Å²) in [5.41, 5.74) is 2.53. The molecule has 1 N–H and O–H groups in total. The van der Waals surface area contributed by atoms with Crippen molar-refractivity contribution in [2.75, 3.05) is 0 Å². The van der Waals surface area contributed by atoms with Crippen LogP contribution in [0.1, 0.15) is 16.1 Å². The van der Waals surface area contributed by atoms with E-state index in [-0.39, 0.29) is 11.3 Å². The highest BCUT2D eigenvalue weighted by Gasteiger charge is 2.39. The van der Waals surface area contributed by atoms with Crippen LogP contribution >= 0.6 is 0 Å². The number of carbonyl (C=O) groups is 1. The van der Waals surface area contributed by atoms with Crippen LogP contribution in [-0.4, -0.2) is 10.8 Å². The van der Waals surface area contributed by atoms with Crippen LogP contribution in [0, 0.1) is 11.6 Å². The molecule has 0 bridgehead atoms. The van der Waals surface area contributed by atoms with E-state index in [1.54, 1.807) is 10.8 Å². The molecule has 0 saturated carbocycles. The Labute approximate surface area is 128 Å². The predicted octanol–water partition coefficient (Wildman–Crippen LogP) is 3.42. The van der Waals surface area contributed by atoms with E-state index in [0.717, 1.165) is 28.4 Å². The van der Waals surface area contributed by atoms with Crippen LogP contribution in [0.15, 0.2) is 48.7 Å². The first-order chi connectivity index (χ1) is 11.1. The highest BCUT2D eigenvalue weighted by molar-refractivity contribution is 6.20. The van der Waals surface area contributed by atoms with Gasteiger partial charge in [-0.15, -0.1) is 0 Å². The largest absolute Gasteiger partial charge is 0.349 e. The summed E-state index contributed by atoms with van der Waals surface area (Å²) in [5.74, 6) is -2.29. The van der Waals surface area contributed by atoms with Crippen LogP contribution in [0.25, 0.3) is 27.5 Å². The maximum Gasteiger partial charge on any atom is 0.284 e. The van der Waals surface area contributed by atoms with Crippen molar-refractivity contribution in [3.8, 4) is 5.69 Å². The lowest BCUT2D eigenvalue weighted by atomic mass is 10.1. The van der Waals surface area contributed by atoms with Gasteiger partial charge in [-0.2, -0.15) is 4.57 Å². The van der Waals surface area contributed by atoms with Crippen LogP contribution in [0.4, 0.5) is 8.78 Å². The van der Waals surface area contributed by atoms with E-state index in [9.17, 15) is 13.6 Å². The molecule has 0 spiro atoms. The lowest BCUT2D eigenvalue weighted by Gasteiger charge is -1.95. The third-order valence-corrected chi connectivity index (χ3v) is 4.37. The van der Waals surface area contributed by atoms with E-state index >= 15 is 0 Å². The van der Waals surface area contributed by atoms with Crippen molar-refractivity contribution in [2.45, 2.75) is 0 Å². The summed E-state index contributed by atoms with van der Waals surface area (Å²) in [4.78, 5) is 16.0. The van der Waals surface area contributed by atoms with Crippen molar-refractivity contribution in [3.05, 3.63) is 71.6 Å². The smallest absolute Gasteiger partial charge is 0.284 e. The Bertz CT molecular complexity index is 1160. The first-order valence-corrected chi connectivity index (χ1v) is 7.14. The molecule has 0 fully saturated rings. The number of para-hydroxylation sites is 1. The molecular weight excluding hydrogens is 298 g/mol. The van der Waals surface area contributed by atoms with Gasteiger partial charge in [0, 0.05) is 28.4 Å². The number of fused-ring (bicyclic) bond motifs is 7. The van der Waals surface area contributed by atoms with Gasteiger partial charge in [0.25, 0.3) is 11.5 Å². The molecule has 2 aromatic carbocycles. The molecule has 2 aromatic heterocycles. The number of carbonyl (C=O) groups excluding carboxylic acids is 1. The Morgan fingerprint density at radius 1 is 0.957 bits per heavy atom. The summed E-state index contributed by atoms with van der Waals surface area (Å²) in [6.45, 7) is 0. The van der Waals surface area contributed by atoms with Crippen molar-refractivity contribution in [2.24, 2.45) is 0 Å². The molecule has 1 aliphatic rings. The predicted molar refractivity (Wildman–Crippen MR) is 80.7 cm³/mol. The van der Waals surface area contributed by atoms with Crippen LogP contribution in [0.3, 0.4) is 0 Å². The SMILES string of the molecule is O=C1c2cc(F)c(F)cc2-[n+]2ccc3c([nH]c4ccccc43)c21. The monoisotopic (exact) mass is 307 g/mol. The number of nitrogens with zero attached hydrogens (tertiary/aromatic N) is 1. The molecule has 0 unspecified atom stereocenters. The first-order valence-electron chi connectivity index (χ1n) is 7.14. The van der Waals surface area contributed by atoms with E-state index in [1.165, 1.54) is 0 Å². The van der Waals surface area contributed by atoms with Gasteiger partial charge < -0.3 is 4.98 Å². The molecule has 3 nitrogen and oxygen atoms in total. The number of rotatable bonds is 0. The lowest BCUT2D eigenvalue weighted by Crippen LogP contribution is -2.32. The second-order valence-electron chi connectivity index (χ2n) is 5.61. The van der Waals surface area contributed by atoms with Gasteiger partial charge >= 0.3 is 0 Å². The highest BCUT2D eigenvalue weighted by Crippen LogP contribution is 2.31. The summed E-state index contributed by atoms with van der Waals surface area (Å²) in [6, 6.07) is 11.6. The van der Waals surface area contributed by atoms with Crippen molar-refractivity contribution >= 4 is 27.6 Å². The quantitative estimate of drug-likeness (QED) is 0.437. The molecule has 0 saturated heterocycles. The Hall–Kier alpha value is -3.08. The standard InChI is InChI=1S/C18H8F2N2O/c19-12-7-11-15(8-13(12)20)22-6-5-10-9-3-1-2-4-14(9)21-16(10)17(22)18(11)23/h1-8H/p+1. The Balaban J connectivity index is 1.93. The first kappa shape index (κ1) is 12.5. The number of nitrogens with one attached hydrogen (secondary N) is 1. The molecule has 0 atom stereocenters. The number of ketones is 1. The number of aromatic amines is 1. The van der Waals surface area contributed by atoms with Gasteiger partial charge in [-0.05, 0) is 12.1 Å². The van der Waals surface area contributed by atoms with Gasteiger partial charge in [-0.3, -0.25) is 4.79 Å². The van der Waals surface area contributed by atoms with Crippen LogP contribution in [0.2, 0.25) is 0 Å². The molecular formula is C18H9F2N2O+. The molecule has 5 rings (SSSR count).